The molecule has 2 N–H and O–H groups in total. The SMILES string of the molecule is C[C@H](C(=O)O)N1C(=O)[C@@H]2[C@H]3C[C@@H]([C@@H]2C1=O)[C@@H]1[C@H]3Sc2[nH]c(=O)sc2C1(C)C. The molecule has 1 aromatic rings. The maximum absolute atomic E-state index is 13.0. The van der Waals surface area contributed by atoms with E-state index in [2.05, 4.69) is 18.8 Å². The van der Waals surface area contributed by atoms with Crippen LogP contribution in [0.1, 0.15) is 32.1 Å². The summed E-state index contributed by atoms with van der Waals surface area (Å²) in [5.41, 5.74) is -0.255. The number of carboxylic acid groups (broad SMARTS) is 1. The summed E-state index contributed by atoms with van der Waals surface area (Å²) in [5, 5.41) is 10.4. The highest BCUT2D eigenvalue weighted by Gasteiger charge is 2.71. The maximum Gasteiger partial charge on any atom is 0.326 e. The number of hydrogen-bond donors (Lipinski definition) is 2. The predicted molar refractivity (Wildman–Crippen MR) is 98.6 cm³/mol. The zero-order chi connectivity index (χ0) is 19.4. The van der Waals surface area contributed by atoms with Gasteiger partial charge in [0.25, 0.3) is 0 Å². The molecule has 2 aliphatic heterocycles. The number of aromatic nitrogens is 1. The first-order chi connectivity index (χ1) is 12.6. The van der Waals surface area contributed by atoms with Crippen LogP contribution in [0.25, 0.3) is 0 Å². The minimum Gasteiger partial charge on any atom is -0.480 e. The molecule has 3 heterocycles. The summed E-state index contributed by atoms with van der Waals surface area (Å²) in [6, 6.07) is -1.13. The number of nitrogens with one attached hydrogen (secondary N) is 1. The number of likely N-dealkylation sites (tertiary alicyclic amines) is 1. The van der Waals surface area contributed by atoms with Gasteiger partial charge in [-0.2, -0.15) is 0 Å². The molecule has 2 saturated carbocycles. The number of thiazole rings is 1. The Morgan fingerprint density at radius 1 is 1.22 bits per heavy atom. The molecule has 144 valence electrons. The summed E-state index contributed by atoms with van der Waals surface area (Å²) < 4.78 is 0. The van der Waals surface area contributed by atoms with Gasteiger partial charge < -0.3 is 10.1 Å². The molecule has 1 aromatic heterocycles. The molecule has 1 saturated heterocycles. The fourth-order valence-corrected chi connectivity index (χ4v) is 9.32. The van der Waals surface area contributed by atoms with Crippen molar-refractivity contribution in [2.24, 2.45) is 29.6 Å². The van der Waals surface area contributed by atoms with Crippen molar-refractivity contribution in [1.29, 1.82) is 0 Å². The van der Waals surface area contributed by atoms with Crippen LogP contribution in [-0.4, -0.2) is 44.1 Å². The van der Waals surface area contributed by atoms with Crippen molar-refractivity contribution < 1.29 is 19.5 Å². The van der Waals surface area contributed by atoms with Gasteiger partial charge in [0.1, 0.15) is 6.04 Å². The lowest BCUT2D eigenvalue weighted by molar-refractivity contribution is -0.154. The molecular weight excluding hydrogens is 388 g/mol. The van der Waals surface area contributed by atoms with Gasteiger partial charge in [-0.15, -0.1) is 11.8 Å². The molecule has 7 nitrogen and oxygen atoms in total. The smallest absolute Gasteiger partial charge is 0.326 e. The molecule has 0 aromatic carbocycles. The Morgan fingerprint density at radius 2 is 1.85 bits per heavy atom. The van der Waals surface area contributed by atoms with Crippen molar-refractivity contribution >= 4 is 40.9 Å². The van der Waals surface area contributed by atoms with Gasteiger partial charge in [-0.05, 0) is 31.1 Å². The second-order valence-electron chi connectivity index (χ2n) is 8.68. The van der Waals surface area contributed by atoms with Crippen molar-refractivity contribution in [3.8, 4) is 0 Å². The highest BCUT2D eigenvalue weighted by Crippen LogP contribution is 2.68. The van der Waals surface area contributed by atoms with Crippen molar-refractivity contribution in [3.63, 3.8) is 0 Å². The molecule has 4 aliphatic rings. The van der Waals surface area contributed by atoms with Crippen molar-refractivity contribution in [1.82, 2.24) is 9.88 Å². The number of rotatable bonds is 2. The summed E-state index contributed by atoms with van der Waals surface area (Å²) in [6.45, 7) is 5.65. The number of aromatic amines is 1. The molecule has 0 unspecified atom stereocenters. The first-order valence-electron chi connectivity index (χ1n) is 9.14. The fourth-order valence-electron chi connectivity index (χ4n) is 6.17. The number of thioether (sulfide) groups is 1. The summed E-state index contributed by atoms with van der Waals surface area (Å²) in [7, 11) is 0. The lowest BCUT2D eigenvalue weighted by atomic mass is 9.64. The summed E-state index contributed by atoms with van der Waals surface area (Å²) in [5.74, 6) is -2.33. The third-order valence-electron chi connectivity index (χ3n) is 7.17. The summed E-state index contributed by atoms with van der Waals surface area (Å²) in [4.78, 5) is 54.2. The van der Waals surface area contributed by atoms with Gasteiger partial charge in [-0.1, -0.05) is 25.2 Å². The van der Waals surface area contributed by atoms with Crippen LogP contribution < -0.4 is 4.87 Å². The van der Waals surface area contributed by atoms with E-state index in [4.69, 9.17) is 0 Å². The van der Waals surface area contributed by atoms with E-state index in [1.807, 2.05) is 0 Å². The molecule has 2 amide bonds. The van der Waals surface area contributed by atoms with Crippen LogP contribution >= 0.6 is 23.1 Å². The van der Waals surface area contributed by atoms with Crippen molar-refractivity contribution in [2.75, 3.05) is 0 Å². The van der Waals surface area contributed by atoms with Crippen LogP contribution in [0, 0.1) is 29.6 Å². The number of carboxylic acids is 1. The Balaban J connectivity index is 1.57. The van der Waals surface area contributed by atoms with E-state index in [0.29, 0.717) is 0 Å². The topological polar surface area (TPSA) is 108 Å². The number of imide groups is 1. The Hall–Kier alpha value is -1.61. The van der Waals surface area contributed by atoms with E-state index in [1.54, 1.807) is 11.8 Å². The predicted octanol–water partition coefficient (Wildman–Crippen LogP) is 1.53. The quantitative estimate of drug-likeness (QED) is 0.719. The van der Waals surface area contributed by atoms with Gasteiger partial charge in [0, 0.05) is 15.5 Å². The zero-order valence-corrected chi connectivity index (χ0v) is 16.7. The molecule has 7 atom stereocenters. The van der Waals surface area contributed by atoms with Crippen LogP contribution in [-0.2, 0) is 19.8 Å². The van der Waals surface area contributed by atoms with E-state index in [-0.39, 0.29) is 45.1 Å². The molecule has 5 rings (SSSR count). The average Bonchev–Trinajstić information content (AvgIpc) is 3.29. The number of carbonyl (C=O) groups is 3. The van der Waals surface area contributed by atoms with Crippen LogP contribution in [0.5, 0.6) is 0 Å². The normalized spacial score (nSPS) is 39.3. The molecule has 2 bridgehead atoms. The molecule has 0 radical (unpaired) electrons. The van der Waals surface area contributed by atoms with E-state index in [9.17, 15) is 24.3 Å². The van der Waals surface area contributed by atoms with Crippen LogP contribution in [0.2, 0.25) is 0 Å². The third-order valence-corrected chi connectivity index (χ3v) is 9.98. The van der Waals surface area contributed by atoms with Crippen LogP contribution in [0.3, 0.4) is 0 Å². The molecule has 3 fully saturated rings. The highest BCUT2D eigenvalue weighted by atomic mass is 32.2. The Morgan fingerprint density at radius 3 is 2.48 bits per heavy atom. The monoisotopic (exact) mass is 408 g/mol. The Bertz CT molecular complexity index is 950. The fraction of sp³-hybridized carbons (Fsp3) is 0.667. The van der Waals surface area contributed by atoms with Gasteiger partial charge in [-0.3, -0.25) is 19.3 Å². The zero-order valence-electron chi connectivity index (χ0n) is 15.1. The first-order valence-corrected chi connectivity index (χ1v) is 10.8. The first kappa shape index (κ1) is 17.5. The molecule has 2 aliphatic carbocycles. The van der Waals surface area contributed by atoms with Gasteiger partial charge in [-0.25, -0.2) is 4.79 Å². The lowest BCUT2D eigenvalue weighted by Gasteiger charge is -2.47. The third kappa shape index (κ3) is 1.99. The van der Waals surface area contributed by atoms with E-state index >= 15 is 0 Å². The van der Waals surface area contributed by atoms with E-state index in [0.717, 1.165) is 21.2 Å². The van der Waals surface area contributed by atoms with Gasteiger partial charge >= 0.3 is 10.8 Å². The number of nitrogens with zero attached hydrogens (tertiary/aromatic N) is 1. The summed E-state index contributed by atoms with van der Waals surface area (Å²) in [6.07, 6.45) is 0.826. The minimum absolute atomic E-state index is 0.0493. The molecule has 27 heavy (non-hydrogen) atoms. The number of fused-ring (bicyclic) bond motifs is 9. The number of aliphatic carboxylic acids is 1. The number of carbonyl (C=O) groups excluding carboxylic acids is 2. The van der Waals surface area contributed by atoms with Crippen LogP contribution in [0.15, 0.2) is 9.82 Å². The standard InChI is InChI=1S/C18H20N2O5S2/c1-5(16(23)24)20-14(21)8-6-4-7(9(8)15(20)22)11-10(6)18(2,3)12-13(26-11)19-17(25)27-12/h5-11H,4H2,1-3H3,(H,19,25)(H,23,24)/t5-,6+,7-,8+,9-,10-,11+/m1/s1. The molecule has 0 spiro atoms. The van der Waals surface area contributed by atoms with E-state index < -0.39 is 23.8 Å². The summed E-state index contributed by atoms with van der Waals surface area (Å²) >= 11 is 2.88. The second-order valence-corrected chi connectivity index (χ2v) is 10.8. The van der Waals surface area contributed by atoms with Gasteiger partial charge in [0.05, 0.1) is 16.9 Å². The Labute approximate surface area is 163 Å². The maximum atomic E-state index is 13.0. The Kier molecular flexibility index (Phi) is 3.40. The number of H-pyrrole nitrogens is 1. The second kappa shape index (κ2) is 5.26. The number of hydrogen-bond acceptors (Lipinski definition) is 6. The highest BCUT2D eigenvalue weighted by molar-refractivity contribution is 8.00. The lowest BCUT2D eigenvalue weighted by Crippen LogP contribution is -2.48. The van der Waals surface area contributed by atoms with Crippen molar-refractivity contribution in [2.45, 2.75) is 48.9 Å². The van der Waals surface area contributed by atoms with Gasteiger partial charge in [0.2, 0.25) is 11.8 Å². The van der Waals surface area contributed by atoms with Crippen LogP contribution in [0.4, 0.5) is 0 Å². The molecule has 9 heteroatoms. The average molecular weight is 409 g/mol. The van der Waals surface area contributed by atoms with E-state index in [1.165, 1.54) is 18.3 Å². The molecular formula is C18H20N2O5S2. The van der Waals surface area contributed by atoms with Gasteiger partial charge in [0.15, 0.2) is 0 Å². The minimum atomic E-state index is -1.16. The van der Waals surface area contributed by atoms with Crippen molar-refractivity contribution in [3.05, 3.63) is 14.5 Å². The largest absolute Gasteiger partial charge is 0.480 e. The number of amides is 2.